The normalized spacial score (nSPS) is 21.6. The first kappa shape index (κ1) is 11.1. The molecule has 3 heteroatoms. The minimum absolute atomic E-state index is 0.238. The molecule has 1 aliphatic carbocycles. The van der Waals surface area contributed by atoms with Crippen LogP contribution in [0.4, 0.5) is 0 Å². The summed E-state index contributed by atoms with van der Waals surface area (Å²) in [5.74, 6) is 2.17. The number of rotatable bonds is 4. The van der Waals surface area contributed by atoms with E-state index in [0.717, 1.165) is 24.3 Å². The number of aromatic hydroxyl groups is 1. The van der Waals surface area contributed by atoms with E-state index in [9.17, 15) is 5.11 Å². The minimum atomic E-state index is 0.238. The van der Waals surface area contributed by atoms with E-state index in [0.29, 0.717) is 11.8 Å². The lowest BCUT2D eigenvalue weighted by atomic mass is 10.1. The van der Waals surface area contributed by atoms with Crippen LogP contribution in [0, 0.1) is 5.92 Å². The molecule has 2 aromatic rings. The van der Waals surface area contributed by atoms with Crippen molar-refractivity contribution in [3.05, 3.63) is 54.4 Å². The first-order valence-corrected chi connectivity index (χ1v) is 6.14. The molecule has 1 saturated carbocycles. The second kappa shape index (κ2) is 4.69. The summed E-state index contributed by atoms with van der Waals surface area (Å²) in [6, 6.07) is 11.6. The molecule has 2 atom stereocenters. The average Bonchev–Trinajstić information content (AvgIpc) is 3.17. The Bertz CT molecular complexity index is 527. The molecule has 1 aliphatic rings. The lowest BCUT2D eigenvalue weighted by Crippen LogP contribution is -2.00. The largest absolute Gasteiger partial charge is 0.506 e. The Hall–Kier alpha value is -2.03. The zero-order chi connectivity index (χ0) is 12.4. The van der Waals surface area contributed by atoms with Gasteiger partial charge >= 0.3 is 0 Å². The number of hydrogen-bond donors (Lipinski definition) is 1. The van der Waals surface area contributed by atoms with Crippen molar-refractivity contribution in [2.45, 2.75) is 12.3 Å². The van der Waals surface area contributed by atoms with Crippen LogP contribution in [0.5, 0.6) is 11.5 Å². The molecular formula is C15H15NO2. The maximum Gasteiger partial charge on any atom is 0.134 e. The second-order valence-electron chi connectivity index (χ2n) is 4.70. The molecule has 1 N–H and O–H groups in total. The maximum atomic E-state index is 9.39. The third-order valence-electron chi connectivity index (χ3n) is 3.30. The SMILES string of the molecule is Oc1cncc([C@H]2C[C@@H]2COc2ccccc2)c1. The molecule has 0 unspecified atom stereocenters. The Kier molecular flexibility index (Phi) is 2.89. The molecule has 0 radical (unpaired) electrons. The van der Waals surface area contributed by atoms with Crippen molar-refractivity contribution >= 4 is 0 Å². The monoisotopic (exact) mass is 241 g/mol. The first-order valence-electron chi connectivity index (χ1n) is 6.14. The van der Waals surface area contributed by atoms with Crippen molar-refractivity contribution in [2.24, 2.45) is 5.92 Å². The number of hydrogen-bond acceptors (Lipinski definition) is 3. The summed E-state index contributed by atoms with van der Waals surface area (Å²) >= 11 is 0. The van der Waals surface area contributed by atoms with Gasteiger partial charge in [-0.2, -0.15) is 0 Å². The summed E-state index contributed by atoms with van der Waals surface area (Å²) in [5.41, 5.74) is 1.11. The van der Waals surface area contributed by atoms with Crippen LogP contribution < -0.4 is 4.74 Å². The van der Waals surface area contributed by atoms with E-state index in [4.69, 9.17) is 4.74 Å². The van der Waals surface area contributed by atoms with Crippen molar-refractivity contribution in [1.82, 2.24) is 4.98 Å². The molecule has 1 aromatic heterocycles. The highest BCUT2D eigenvalue weighted by molar-refractivity contribution is 5.29. The average molecular weight is 241 g/mol. The molecule has 0 aliphatic heterocycles. The number of ether oxygens (including phenoxy) is 1. The van der Waals surface area contributed by atoms with Gasteiger partial charge in [-0.1, -0.05) is 18.2 Å². The Balaban J connectivity index is 1.56. The number of benzene rings is 1. The molecule has 0 bridgehead atoms. The topological polar surface area (TPSA) is 42.4 Å². The Labute approximate surface area is 106 Å². The van der Waals surface area contributed by atoms with E-state index in [1.807, 2.05) is 36.5 Å². The molecule has 1 aromatic carbocycles. The number of aromatic nitrogens is 1. The van der Waals surface area contributed by atoms with Crippen molar-refractivity contribution in [2.75, 3.05) is 6.61 Å². The van der Waals surface area contributed by atoms with Gasteiger partial charge in [-0.25, -0.2) is 0 Å². The fourth-order valence-electron chi connectivity index (χ4n) is 2.21. The molecule has 0 saturated heterocycles. The molecule has 3 rings (SSSR count). The first-order chi connectivity index (χ1) is 8.83. The summed E-state index contributed by atoms with van der Waals surface area (Å²) < 4.78 is 5.73. The molecule has 92 valence electrons. The molecule has 0 spiro atoms. The smallest absolute Gasteiger partial charge is 0.134 e. The van der Waals surface area contributed by atoms with Crippen LogP contribution in [-0.4, -0.2) is 16.7 Å². The van der Waals surface area contributed by atoms with Crippen LogP contribution >= 0.6 is 0 Å². The number of nitrogens with zero attached hydrogens (tertiary/aromatic N) is 1. The van der Waals surface area contributed by atoms with Gasteiger partial charge in [0.2, 0.25) is 0 Å². The summed E-state index contributed by atoms with van der Waals surface area (Å²) in [6.45, 7) is 0.727. The van der Waals surface area contributed by atoms with Crippen LogP contribution in [0.25, 0.3) is 0 Å². The van der Waals surface area contributed by atoms with Crippen LogP contribution in [0.15, 0.2) is 48.8 Å². The molecular weight excluding hydrogens is 226 g/mol. The lowest BCUT2D eigenvalue weighted by Gasteiger charge is -2.05. The van der Waals surface area contributed by atoms with E-state index < -0.39 is 0 Å². The van der Waals surface area contributed by atoms with Crippen molar-refractivity contribution in [3.63, 3.8) is 0 Å². The van der Waals surface area contributed by atoms with Gasteiger partial charge in [0.05, 0.1) is 12.8 Å². The summed E-state index contributed by atoms with van der Waals surface area (Å²) in [4.78, 5) is 4.01. The summed E-state index contributed by atoms with van der Waals surface area (Å²) in [6.07, 6.45) is 4.40. The molecule has 3 nitrogen and oxygen atoms in total. The van der Waals surface area contributed by atoms with Crippen molar-refractivity contribution in [1.29, 1.82) is 0 Å². The van der Waals surface area contributed by atoms with Gasteiger partial charge in [-0.05, 0) is 36.1 Å². The summed E-state index contributed by atoms with van der Waals surface area (Å²) in [5, 5.41) is 9.39. The highest BCUT2D eigenvalue weighted by Crippen LogP contribution is 2.47. The van der Waals surface area contributed by atoms with Crippen LogP contribution in [0.1, 0.15) is 17.9 Å². The fraction of sp³-hybridized carbons (Fsp3) is 0.267. The van der Waals surface area contributed by atoms with Gasteiger partial charge in [-0.3, -0.25) is 4.98 Å². The Morgan fingerprint density at radius 3 is 2.83 bits per heavy atom. The molecule has 1 fully saturated rings. The van der Waals surface area contributed by atoms with Gasteiger partial charge < -0.3 is 9.84 Å². The molecule has 1 heterocycles. The molecule has 0 amide bonds. The van der Waals surface area contributed by atoms with Gasteiger partial charge in [0.25, 0.3) is 0 Å². The third-order valence-corrected chi connectivity index (χ3v) is 3.30. The van der Waals surface area contributed by atoms with Gasteiger partial charge in [0.1, 0.15) is 11.5 Å². The standard InChI is InChI=1S/C15H15NO2/c17-13-6-11(8-16-9-13)15-7-12(15)10-18-14-4-2-1-3-5-14/h1-6,8-9,12,15,17H,7,10H2/t12-,15-/m1/s1. The molecule has 18 heavy (non-hydrogen) atoms. The minimum Gasteiger partial charge on any atom is -0.506 e. The highest BCUT2D eigenvalue weighted by atomic mass is 16.5. The maximum absolute atomic E-state index is 9.39. The predicted octanol–water partition coefficient (Wildman–Crippen LogP) is 2.97. The van der Waals surface area contributed by atoms with Gasteiger partial charge in [-0.15, -0.1) is 0 Å². The summed E-state index contributed by atoms with van der Waals surface area (Å²) in [7, 11) is 0. The zero-order valence-electron chi connectivity index (χ0n) is 9.99. The van der Waals surface area contributed by atoms with Crippen LogP contribution in [0.2, 0.25) is 0 Å². The Morgan fingerprint density at radius 1 is 1.22 bits per heavy atom. The van der Waals surface area contributed by atoms with Gasteiger partial charge in [0, 0.05) is 12.1 Å². The van der Waals surface area contributed by atoms with Crippen LogP contribution in [0.3, 0.4) is 0 Å². The fourth-order valence-corrected chi connectivity index (χ4v) is 2.21. The highest BCUT2D eigenvalue weighted by Gasteiger charge is 2.39. The predicted molar refractivity (Wildman–Crippen MR) is 68.7 cm³/mol. The van der Waals surface area contributed by atoms with E-state index in [1.165, 1.54) is 6.20 Å². The lowest BCUT2D eigenvalue weighted by molar-refractivity contribution is 0.297. The second-order valence-corrected chi connectivity index (χ2v) is 4.70. The quantitative estimate of drug-likeness (QED) is 0.894. The van der Waals surface area contributed by atoms with E-state index in [-0.39, 0.29) is 5.75 Å². The number of para-hydroxylation sites is 1. The van der Waals surface area contributed by atoms with E-state index >= 15 is 0 Å². The third kappa shape index (κ3) is 2.45. The van der Waals surface area contributed by atoms with Crippen molar-refractivity contribution < 1.29 is 9.84 Å². The van der Waals surface area contributed by atoms with Gasteiger partial charge in [0.15, 0.2) is 0 Å². The number of pyridine rings is 1. The van der Waals surface area contributed by atoms with Crippen molar-refractivity contribution in [3.8, 4) is 11.5 Å². The van der Waals surface area contributed by atoms with E-state index in [1.54, 1.807) is 6.07 Å². The van der Waals surface area contributed by atoms with Crippen LogP contribution in [-0.2, 0) is 0 Å². The Morgan fingerprint density at radius 2 is 2.06 bits per heavy atom. The zero-order valence-corrected chi connectivity index (χ0v) is 9.99. The van der Waals surface area contributed by atoms with E-state index in [2.05, 4.69) is 4.98 Å².